The number of nitrogens with zero attached hydrogens (tertiary/aromatic N) is 1. The summed E-state index contributed by atoms with van der Waals surface area (Å²) in [6.07, 6.45) is 1.58. The van der Waals surface area contributed by atoms with E-state index in [-0.39, 0.29) is 0 Å². The standard InChI is InChI=1S/C14H15ClN2O/c1-8-5-12(6-9(2)13(8)15)18-14-10(3)4-11(16)7-17-14/h4-7H,16H2,1-3H3. The van der Waals surface area contributed by atoms with Gasteiger partial charge >= 0.3 is 0 Å². The van der Waals surface area contributed by atoms with Crippen LogP contribution in [-0.2, 0) is 0 Å². The summed E-state index contributed by atoms with van der Waals surface area (Å²) in [4.78, 5) is 4.17. The SMILES string of the molecule is Cc1cc(N)cnc1Oc1cc(C)c(Cl)c(C)c1. The molecule has 1 aromatic carbocycles. The van der Waals surface area contributed by atoms with Crippen LogP contribution >= 0.6 is 11.6 Å². The topological polar surface area (TPSA) is 48.1 Å². The number of hydrogen-bond donors (Lipinski definition) is 1. The molecule has 0 unspecified atom stereocenters. The van der Waals surface area contributed by atoms with E-state index in [4.69, 9.17) is 22.1 Å². The predicted molar refractivity (Wildman–Crippen MR) is 74.4 cm³/mol. The van der Waals surface area contributed by atoms with Crippen LogP contribution in [0.4, 0.5) is 5.69 Å². The van der Waals surface area contributed by atoms with Crippen LogP contribution in [-0.4, -0.2) is 4.98 Å². The van der Waals surface area contributed by atoms with Crippen molar-refractivity contribution in [3.8, 4) is 11.6 Å². The molecule has 0 aliphatic heterocycles. The molecule has 0 spiro atoms. The van der Waals surface area contributed by atoms with Crippen LogP contribution in [0.2, 0.25) is 5.02 Å². The molecule has 0 aliphatic rings. The van der Waals surface area contributed by atoms with Gasteiger partial charge in [0.25, 0.3) is 0 Å². The third kappa shape index (κ3) is 2.57. The quantitative estimate of drug-likeness (QED) is 0.889. The highest BCUT2D eigenvalue weighted by Crippen LogP contribution is 2.29. The minimum atomic E-state index is 0.560. The Kier molecular flexibility index (Phi) is 3.43. The lowest BCUT2D eigenvalue weighted by molar-refractivity contribution is 0.458. The molecule has 94 valence electrons. The summed E-state index contributed by atoms with van der Waals surface area (Å²) in [6, 6.07) is 5.62. The molecular weight excluding hydrogens is 248 g/mol. The summed E-state index contributed by atoms with van der Waals surface area (Å²) in [7, 11) is 0. The number of hydrogen-bond acceptors (Lipinski definition) is 3. The summed E-state index contributed by atoms with van der Waals surface area (Å²) < 4.78 is 5.76. The second-order valence-electron chi connectivity index (χ2n) is 4.36. The molecule has 0 aliphatic carbocycles. The summed E-state index contributed by atoms with van der Waals surface area (Å²) in [5.41, 5.74) is 9.16. The number of pyridine rings is 1. The first-order valence-corrected chi connectivity index (χ1v) is 6.02. The lowest BCUT2D eigenvalue weighted by Crippen LogP contribution is -1.95. The zero-order valence-electron chi connectivity index (χ0n) is 10.6. The molecule has 0 saturated heterocycles. The van der Waals surface area contributed by atoms with E-state index in [1.54, 1.807) is 6.20 Å². The molecule has 2 aromatic rings. The average molecular weight is 263 g/mol. The second-order valence-corrected chi connectivity index (χ2v) is 4.74. The molecule has 4 heteroatoms. The highest BCUT2D eigenvalue weighted by atomic mass is 35.5. The number of ether oxygens (including phenoxy) is 1. The smallest absolute Gasteiger partial charge is 0.222 e. The van der Waals surface area contributed by atoms with Crippen LogP contribution in [0.1, 0.15) is 16.7 Å². The van der Waals surface area contributed by atoms with Crippen molar-refractivity contribution in [3.63, 3.8) is 0 Å². The van der Waals surface area contributed by atoms with Crippen LogP contribution in [0.3, 0.4) is 0 Å². The fraction of sp³-hybridized carbons (Fsp3) is 0.214. The number of nitrogens with two attached hydrogens (primary N) is 1. The van der Waals surface area contributed by atoms with Crippen molar-refractivity contribution in [2.75, 3.05) is 5.73 Å². The van der Waals surface area contributed by atoms with Crippen molar-refractivity contribution in [1.29, 1.82) is 0 Å². The Morgan fingerprint density at radius 1 is 1.06 bits per heavy atom. The van der Waals surface area contributed by atoms with E-state index >= 15 is 0 Å². The van der Waals surface area contributed by atoms with Gasteiger partial charge in [0, 0.05) is 10.6 Å². The Morgan fingerprint density at radius 3 is 2.22 bits per heavy atom. The zero-order valence-corrected chi connectivity index (χ0v) is 11.4. The summed E-state index contributed by atoms with van der Waals surface area (Å²) in [5.74, 6) is 1.29. The maximum absolute atomic E-state index is 6.12. The van der Waals surface area contributed by atoms with Crippen LogP contribution < -0.4 is 10.5 Å². The monoisotopic (exact) mass is 262 g/mol. The molecule has 0 fully saturated rings. The van der Waals surface area contributed by atoms with Gasteiger partial charge < -0.3 is 10.5 Å². The van der Waals surface area contributed by atoms with Gasteiger partial charge in [-0.05, 0) is 50.1 Å². The Labute approximate surface area is 112 Å². The Morgan fingerprint density at radius 2 is 1.67 bits per heavy atom. The lowest BCUT2D eigenvalue weighted by Gasteiger charge is -2.10. The number of rotatable bonds is 2. The fourth-order valence-electron chi connectivity index (χ4n) is 1.77. The highest BCUT2D eigenvalue weighted by molar-refractivity contribution is 6.32. The number of aromatic nitrogens is 1. The van der Waals surface area contributed by atoms with Gasteiger partial charge in [-0.3, -0.25) is 0 Å². The number of anilines is 1. The van der Waals surface area contributed by atoms with Gasteiger partial charge in [0.2, 0.25) is 5.88 Å². The largest absolute Gasteiger partial charge is 0.439 e. The minimum absolute atomic E-state index is 0.560. The van der Waals surface area contributed by atoms with E-state index in [1.165, 1.54) is 0 Å². The molecule has 0 bridgehead atoms. The number of halogens is 1. The first kappa shape index (κ1) is 12.7. The normalized spacial score (nSPS) is 10.4. The van der Waals surface area contributed by atoms with Gasteiger partial charge in [0.15, 0.2) is 0 Å². The van der Waals surface area contributed by atoms with Crippen molar-refractivity contribution in [1.82, 2.24) is 4.98 Å². The third-order valence-corrected chi connectivity index (χ3v) is 3.27. The van der Waals surface area contributed by atoms with Crippen LogP contribution in [0.5, 0.6) is 11.6 Å². The average Bonchev–Trinajstić information content (AvgIpc) is 2.29. The lowest BCUT2D eigenvalue weighted by atomic mass is 10.1. The van der Waals surface area contributed by atoms with Crippen molar-refractivity contribution >= 4 is 17.3 Å². The van der Waals surface area contributed by atoms with E-state index in [9.17, 15) is 0 Å². The Hall–Kier alpha value is -1.74. The van der Waals surface area contributed by atoms with Gasteiger partial charge in [-0.15, -0.1) is 0 Å². The molecule has 2 N–H and O–H groups in total. The highest BCUT2D eigenvalue weighted by Gasteiger charge is 2.07. The van der Waals surface area contributed by atoms with Crippen molar-refractivity contribution in [2.45, 2.75) is 20.8 Å². The molecule has 18 heavy (non-hydrogen) atoms. The molecule has 0 radical (unpaired) electrons. The maximum atomic E-state index is 6.12. The summed E-state index contributed by atoms with van der Waals surface area (Å²) in [6.45, 7) is 5.81. The molecule has 1 aromatic heterocycles. The molecule has 0 atom stereocenters. The summed E-state index contributed by atoms with van der Waals surface area (Å²) >= 11 is 6.12. The first-order chi connectivity index (χ1) is 8.47. The van der Waals surface area contributed by atoms with Crippen molar-refractivity contribution in [2.24, 2.45) is 0 Å². The number of benzene rings is 1. The first-order valence-electron chi connectivity index (χ1n) is 5.64. The van der Waals surface area contributed by atoms with Gasteiger partial charge in [-0.25, -0.2) is 4.98 Å². The maximum Gasteiger partial charge on any atom is 0.222 e. The van der Waals surface area contributed by atoms with E-state index in [1.807, 2.05) is 39.0 Å². The van der Waals surface area contributed by atoms with Gasteiger partial charge in [-0.1, -0.05) is 11.6 Å². The molecule has 0 saturated carbocycles. The van der Waals surface area contributed by atoms with Crippen molar-refractivity contribution < 1.29 is 4.74 Å². The Bertz CT molecular complexity index is 573. The second kappa shape index (κ2) is 4.86. The summed E-state index contributed by atoms with van der Waals surface area (Å²) in [5, 5.41) is 0.768. The fourth-order valence-corrected chi connectivity index (χ4v) is 1.88. The molecule has 3 nitrogen and oxygen atoms in total. The van der Waals surface area contributed by atoms with Crippen LogP contribution in [0.25, 0.3) is 0 Å². The molecular formula is C14H15ClN2O. The number of aryl methyl sites for hydroxylation is 3. The van der Waals surface area contributed by atoms with Gasteiger partial charge in [0.05, 0.1) is 11.9 Å². The van der Waals surface area contributed by atoms with Crippen LogP contribution in [0.15, 0.2) is 24.4 Å². The minimum Gasteiger partial charge on any atom is -0.439 e. The number of nitrogen functional groups attached to an aromatic ring is 1. The Balaban J connectivity index is 2.34. The van der Waals surface area contributed by atoms with E-state index in [2.05, 4.69) is 4.98 Å². The van der Waals surface area contributed by atoms with Gasteiger partial charge in [-0.2, -0.15) is 0 Å². The molecule has 0 amide bonds. The zero-order chi connectivity index (χ0) is 13.3. The van der Waals surface area contributed by atoms with E-state index < -0.39 is 0 Å². The van der Waals surface area contributed by atoms with E-state index in [0.29, 0.717) is 11.6 Å². The van der Waals surface area contributed by atoms with E-state index in [0.717, 1.165) is 27.5 Å². The third-order valence-electron chi connectivity index (χ3n) is 2.68. The van der Waals surface area contributed by atoms with Gasteiger partial charge in [0.1, 0.15) is 5.75 Å². The molecule has 2 rings (SSSR count). The molecule has 1 heterocycles. The predicted octanol–water partition coefficient (Wildman–Crippen LogP) is 4.03. The van der Waals surface area contributed by atoms with Crippen LogP contribution in [0, 0.1) is 20.8 Å². The van der Waals surface area contributed by atoms with Crippen molar-refractivity contribution in [3.05, 3.63) is 46.1 Å².